The van der Waals surface area contributed by atoms with Gasteiger partial charge in [0.1, 0.15) is 0 Å². The second kappa shape index (κ2) is 4.94. The number of carbonyl (C=O) groups is 2. The third-order valence-electron chi connectivity index (χ3n) is 3.62. The standard InChI is InChI=1S/C16H14N2O3/c17-13-4-1-10(2-5-13)15(19)18-8-7-11-9-12(16(20)21)3-6-14(11)18/h1-6,9H,7-8,17H2,(H,20,21). The van der Waals surface area contributed by atoms with E-state index in [2.05, 4.69) is 0 Å². The third-order valence-corrected chi connectivity index (χ3v) is 3.62. The number of nitrogens with zero attached hydrogens (tertiary/aromatic N) is 1. The van der Waals surface area contributed by atoms with E-state index in [1.165, 1.54) is 6.07 Å². The second-order valence-corrected chi connectivity index (χ2v) is 4.98. The summed E-state index contributed by atoms with van der Waals surface area (Å²) in [4.78, 5) is 25.2. The SMILES string of the molecule is Nc1ccc(C(=O)N2CCc3cc(C(=O)O)ccc32)cc1. The Kier molecular flexibility index (Phi) is 3.10. The first kappa shape index (κ1) is 13.2. The van der Waals surface area contributed by atoms with Crippen LogP contribution in [0.15, 0.2) is 42.5 Å². The summed E-state index contributed by atoms with van der Waals surface area (Å²) in [7, 11) is 0. The number of anilines is 2. The van der Waals surface area contributed by atoms with E-state index in [9.17, 15) is 9.59 Å². The molecule has 1 aliphatic rings. The van der Waals surface area contributed by atoms with E-state index in [0.717, 1.165) is 11.3 Å². The summed E-state index contributed by atoms with van der Waals surface area (Å²) in [5.74, 6) is -1.06. The van der Waals surface area contributed by atoms with Gasteiger partial charge in [0.2, 0.25) is 0 Å². The number of carboxylic acid groups (broad SMARTS) is 1. The van der Waals surface area contributed by atoms with Crippen LogP contribution in [0.25, 0.3) is 0 Å². The highest BCUT2D eigenvalue weighted by atomic mass is 16.4. The number of benzene rings is 2. The van der Waals surface area contributed by atoms with E-state index in [0.29, 0.717) is 24.2 Å². The van der Waals surface area contributed by atoms with Crippen LogP contribution < -0.4 is 10.6 Å². The summed E-state index contributed by atoms with van der Waals surface area (Å²) >= 11 is 0. The summed E-state index contributed by atoms with van der Waals surface area (Å²) in [5.41, 5.74) is 8.71. The minimum absolute atomic E-state index is 0.100. The highest BCUT2D eigenvalue weighted by Crippen LogP contribution is 2.30. The predicted octanol–water partition coefficient (Wildman–Crippen LogP) is 2.17. The number of aromatic carboxylic acids is 1. The van der Waals surface area contributed by atoms with Crippen molar-refractivity contribution in [3.05, 3.63) is 59.2 Å². The summed E-state index contributed by atoms with van der Waals surface area (Å²) in [6.45, 7) is 0.557. The Hall–Kier alpha value is -2.82. The number of nitrogen functional groups attached to an aromatic ring is 1. The molecule has 0 saturated carbocycles. The fraction of sp³-hybridized carbons (Fsp3) is 0.125. The molecule has 0 aromatic heterocycles. The number of amides is 1. The van der Waals surface area contributed by atoms with E-state index in [1.807, 2.05) is 0 Å². The Balaban J connectivity index is 1.92. The van der Waals surface area contributed by atoms with Crippen LogP contribution in [-0.2, 0) is 6.42 Å². The van der Waals surface area contributed by atoms with Crippen LogP contribution in [0.1, 0.15) is 26.3 Å². The molecule has 0 radical (unpaired) electrons. The first-order valence-corrected chi connectivity index (χ1v) is 6.60. The lowest BCUT2D eigenvalue weighted by molar-refractivity contribution is 0.0696. The van der Waals surface area contributed by atoms with Crippen molar-refractivity contribution in [2.75, 3.05) is 17.2 Å². The van der Waals surface area contributed by atoms with Crippen LogP contribution in [0, 0.1) is 0 Å². The molecule has 0 fully saturated rings. The average molecular weight is 282 g/mol. The van der Waals surface area contributed by atoms with E-state index in [4.69, 9.17) is 10.8 Å². The molecule has 3 rings (SSSR count). The fourth-order valence-corrected chi connectivity index (χ4v) is 2.53. The highest BCUT2D eigenvalue weighted by molar-refractivity contribution is 6.07. The Bertz CT molecular complexity index is 723. The molecule has 0 unspecified atom stereocenters. The van der Waals surface area contributed by atoms with Crippen LogP contribution in [-0.4, -0.2) is 23.5 Å². The zero-order valence-electron chi connectivity index (χ0n) is 11.2. The van der Waals surface area contributed by atoms with Gasteiger partial charge in [-0.05, 0) is 54.4 Å². The predicted molar refractivity (Wildman–Crippen MR) is 79.6 cm³/mol. The normalized spacial score (nSPS) is 13.0. The molecule has 0 saturated heterocycles. The van der Waals surface area contributed by atoms with Crippen molar-refractivity contribution in [1.82, 2.24) is 0 Å². The molecular formula is C16H14N2O3. The summed E-state index contributed by atoms with van der Waals surface area (Å²) in [5, 5.41) is 9.00. The lowest BCUT2D eigenvalue weighted by Crippen LogP contribution is -2.28. The number of rotatable bonds is 2. The minimum atomic E-state index is -0.957. The Morgan fingerprint density at radius 3 is 2.38 bits per heavy atom. The Labute approximate surface area is 121 Å². The molecule has 0 aliphatic carbocycles. The topological polar surface area (TPSA) is 83.6 Å². The van der Waals surface area contributed by atoms with Crippen molar-refractivity contribution in [3.8, 4) is 0 Å². The van der Waals surface area contributed by atoms with Gasteiger partial charge < -0.3 is 15.7 Å². The quantitative estimate of drug-likeness (QED) is 0.827. The van der Waals surface area contributed by atoms with Gasteiger partial charge in [0.25, 0.3) is 5.91 Å². The van der Waals surface area contributed by atoms with Gasteiger partial charge in [-0.15, -0.1) is 0 Å². The molecule has 0 spiro atoms. The van der Waals surface area contributed by atoms with Crippen molar-refractivity contribution in [2.45, 2.75) is 6.42 Å². The van der Waals surface area contributed by atoms with E-state index < -0.39 is 5.97 Å². The molecule has 1 aliphatic heterocycles. The third kappa shape index (κ3) is 2.33. The molecule has 2 aromatic rings. The molecule has 5 heteroatoms. The van der Waals surface area contributed by atoms with Crippen LogP contribution in [0.2, 0.25) is 0 Å². The van der Waals surface area contributed by atoms with Crippen molar-refractivity contribution in [1.29, 1.82) is 0 Å². The molecule has 3 N–H and O–H groups in total. The van der Waals surface area contributed by atoms with Gasteiger partial charge in [-0.1, -0.05) is 0 Å². The lowest BCUT2D eigenvalue weighted by atomic mass is 10.1. The largest absolute Gasteiger partial charge is 0.478 e. The van der Waals surface area contributed by atoms with Crippen LogP contribution in [0.4, 0.5) is 11.4 Å². The highest BCUT2D eigenvalue weighted by Gasteiger charge is 2.26. The van der Waals surface area contributed by atoms with E-state index in [1.54, 1.807) is 41.3 Å². The van der Waals surface area contributed by atoms with Gasteiger partial charge >= 0.3 is 5.97 Å². The zero-order valence-corrected chi connectivity index (χ0v) is 11.2. The van der Waals surface area contributed by atoms with Gasteiger partial charge in [0.15, 0.2) is 0 Å². The molecular weight excluding hydrogens is 268 g/mol. The number of carbonyl (C=O) groups excluding carboxylic acids is 1. The number of carboxylic acids is 1. The van der Waals surface area contributed by atoms with E-state index in [-0.39, 0.29) is 11.5 Å². The van der Waals surface area contributed by atoms with Crippen LogP contribution in [0.3, 0.4) is 0 Å². The van der Waals surface area contributed by atoms with Crippen LogP contribution in [0.5, 0.6) is 0 Å². The smallest absolute Gasteiger partial charge is 0.335 e. The van der Waals surface area contributed by atoms with Crippen molar-refractivity contribution >= 4 is 23.3 Å². The van der Waals surface area contributed by atoms with E-state index >= 15 is 0 Å². The monoisotopic (exact) mass is 282 g/mol. The van der Waals surface area contributed by atoms with Crippen molar-refractivity contribution < 1.29 is 14.7 Å². The van der Waals surface area contributed by atoms with Gasteiger partial charge in [-0.3, -0.25) is 4.79 Å². The van der Waals surface area contributed by atoms with Gasteiger partial charge in [-0.25, -0.2) is 4.79 Å². The van der Waals surface area contributed by atoms with Gasteiger partial charge in [0, 0.05) is 23.5 Å². The summed E-state index contributed by atoms with van der Waals surface area (Å²) < 4.78 is 0. The fourth-order valence-electron chi connectivity index (χ4n) is 2.53. The maximum absolute atomic E-state index is 12.5. The number of fused-ring (bicyclic) bond motifs is 1. The Morgan fingerprint density at radius 2 is 1.71 bits per heavy atom. The lowest BCUT2D eigenvalue weighted by Gasteiger charge is -2.17. The molecule has 0 atom stereocenters. The maximum atomic E-state index is 12.5. The molecule has 106 valence electrons. The summed E-state index contributed by atoms with van der Waals surface area (Å²) in [6.07, 6.45) is 0.664. The van der Waals surface area contributed by atoms with Crippen LogP contribution >= 0.6 is 0 Å². The van der Waals surface area contributed by atoms with Crippen molar-refractivity contribution in [3.63, 3.8) is 0 Å². The molecule has 21 heavy (non-hydrogen) atoms. The molecule has 1 amide bonds. The first-order chi connectivity index (χ1) is 10.1. The van der Waals surface area contributed by atoms with Gasteiger partial charge in [0.05, 0.1) is 5.56 Å². The average Bonchev–Trinajstić information content (AvgIpc) is 2.90. The zero-order chi connectivity index (χ0) is 15.0. The molecule has 1 heterocycles. The number of hydrogen-bond acceptors (Lipinski definition) is 3. The summed E-state index contributed by atoms with van der Waals surface area (Å²) in [6, 6.07) is 11.6. The first-order valence-electron chi connectivity index (χ1n) is 6.60. The Morgan fingerprint density at radius 1 is 1.05 bits per heavy atom. The maximum Gasteiger partial charge on any atom is 0.335 e. The second-order valence-electron chi connectivity index (χ2n) is 4.98. The number of hydrogen-bond donors (Lipinski definition) is 2. The van der Waals surface area contributed by atoms with Crippen molar-refractivity contribution in [2.24, 2.45) is 0 Å². The molecule has 2 aromatic carbocycles. The minimum Gasteiger partial charge on any atom is -0.478 e. The number of nitrogens with two attached hydrogens (primary N) is 1. The van der Waals surface area contributed by atoms with Gasteiger partial charge in [-0.2, -0.15) is 0 Å². The molecule has 5 nitrogen and oxygen atoms in total. The molecule has 0 bridgehead atoms.